The Balaban J connectivity index is 2.08. The average molecular weight is 295 g/mol. The molecule has 1 saturated heterocycles. The maximum Gasteiger partial charge on any atom is 0.341 e. The van der Waals surface area contributed by atoms with Gasteiger partial charge in [0.15, 0.2) is 0 Å². The molecule has 0 bridgehead atoms. The first-order valence-corrected chi connectivity index (χ1v) is 6.97. The summed E-state index contributed by atoms with van der Waals surface area (Å²) in [6.45, 7) is 1.86. The van der Waals surface area contributed by atoms with Gasteiger partial charge < -0.3 is 25.2 Å². The molecule has 0 amide bonds. The Morgan fingerprint density at radius 3 is 2.86 bits per heavy atom. The molecule has 0 unspecified atom stereocenters. The number of piperidine rings is 1. The van der Waals surface area contributed by atoms with Crippen LogP contribution in [-0.4, -0.2) is 55.6 Å². The second-order valence-corrected chi connectivity index (χ2v) is 4.91. The molecule has 21 heavy (non-hydrogen) atoms. The number of anilines is 2. The zero-order valence-corrected chi connectivity index (χ0v) is 12.1. The first kappa shape index (κ1) is 15.5. The first-order chi connectivity index (χ1) is 10.2. The average Bonchev–Trinajstić information content (AvgIpc) is 2.52. The van der Waals surface area contributed by atoms with Gasteiger partial charge >= 0.3 is 5.97 Å². The fourth-order valence-electron chi connectivity index (χ4n) is 2.44. The Morgan fingerprint density at radius 2 is 2.24 bits per heavy atom. The van der Waals surface area contributed by atoms with Gasteiger partial charge in [0.05, 0.1) is 38.3 Å². The lowest BCUT2D eigenvalue weighted by molar-refractivity contribution is 0.0158. The van der Waals surface area contributed by atoms with Crippen LogP contribution in [0.4, 0.5) is 11.5 Å². The summed E-state index contributed by atoms with van der Waals surface area (Å²) >= 11 is 0. The summed E-state index contributed by atoms with van der Waals surface area (Å²) < 4.78 is 10.3. The molecule has 2 heterocycles. The van der Waals surface area contributed by atoms with Crippen LogP contribution in [0, 0.1) is 0 Å². The van der Waals surface area contributed by atoms with Crippen molar-refractivity contribution in [3.8, 4) is 0 Å². The Kier molecular flexibility index (Phi) is 5.35. The lowest BCUT2D eigenvalue weighted by atomic mass is 10.1. The number of aromatic nitrogens is 1. The van der Waals surface area contributed by atoms with Crippen molar-refractivity contribution in [1.82, 2.24) is 4.98 Å². The van der Waals surface area contributed by atoms with E-state index >= 15 is 0 Å². The highest BCUT2D eigenvalue weighted by atomic mass is 16.5. The van der Waals surface area contributed by atoms with Gasteiger partial charge in [0.25, 0.3) is 0 Å². The third-order valence-corrected chi connectivity index (χ3v) is 3.48. The highest BCUT2D eigenvalue weighted by molar-refractivity contribution is 5.95. The van der Waals surface area contributed by atoms with Crippen LogP contribution < -0.4 is 10.6 Å². The van der Waals surface area contributed by atoms with E-state index in [1.165, 1.54) is 13.3 Å². The summed E-state index contributed by atoms with van der Waals surface area (Å²) in [5.74, 6) is 0.153. The molecule has 1 aromatic heterocycles. The number of hydrogen-bond donors (Lipinski definition) is 2. The maximum atomic E-state index is 11.8. The fourth-order valence-corrected chi connectivity index (χ4v) is 2.44. The van der Waals surface area contributed by atoms with Crippen LogP contribution in [0.1, 0.15) is 23.2 Å². The fraction of sp³-hybridized carbons (Fsp3) is 0.571. The summed E-state index contributed by atoms with van der Waals surface area (Å²) in [5.41, 5.74) is 6.51. The van der Waals surface area contributed by atoms with Gasteiger partial charge in [-0.25, -0.2) is 9.78 Å². The molecular formula is C14H21N3O4. The third-order valence-electron chi connectivity index (χ3n) is 3.48. The largest absolute Gasteiger partial charge is 0.465 e. The zero-order chi connectivity index (χ0) is 15.2. The van der Waals surface area contributed by atoms with Crippen molar-refractivity contribution < 1.29 is 19.4 Å². The molecule has 0 aromatic carbocycles. The van der Waals surface area contributed by atoms with Gasteiger partial charge in [-0.2, -0.15) is 0 Å². The molecule has 0 saturated carbocycles. The van der Waals surface area contributed by atoms with Crippen molar-refractivity contribution in [3.05, 3.63) is 17.8 Å². The number of carbonyl (C=O) groups is 1. The van der Waals surface area contributed by atoms with Crippen LogP contribution in [0.5, 0.6) is 0 Å². The number of carbonyl (C=O) groups excluding carboxylic acids is 1. The van der Waals surface area contributed by atoms with Crippen molar-refractivity contribution in [2.24, 2.45) is 0 Å². The molecule has 1 fully saturated rings. The van der Waals surface area contributed by atoms with E-state index in [1.807, 2.05) is 4.90 Å². The summed E-state index contributed by atoms with van der Waals surface area (Å²) in [5, 5.41) is 8.77. The standard InChI is InChI=1S/C14H21N3O4/c1-20-14(19)12-8-10(15)9-16-13(12)17-4-2-11(3-5-17)21-7-6-18/h8-9,11,18H,2-7,15H2,1H3. The second-order valence-electron chi connectivity index (χ2n) is 4.91. The molecule has 7 nitrogen and oxygen atoms in total. The number of hydrogen-bond acceptors (Lipinski definition) is 7. The van der Waals surface area contributed by atoms with E-state index in [9.17, 15) is 4.79 Å². The molecule has 1 aliphatic rings. The number of methoxy groups -OCH3 is 1. The van der Waals surface area contributed by atoms with Crippen LogP contribution in [0.15, 0.2) is 12.3 Å². The number of aliphatic hydroxyl groups is 1. The van der Waals surface area contributed by atoms with Gasteiger partial charge in [0.1, 0.15) is 11.4 Å². The molecule has 116 valence electrons. The Morgan fingerprint density at radius 1 is 1.52 bits per heavy atom. The van der Waals surface area contributed by atoms with Crippen LogP contribution >= 0.6 is 0 Å². The minimum absolute atomic E-state index is 0.0339. The maximum absolute atomic E-state index is 11.8. The molecule has 1 aliphatic heterocycles. The first-order valence-electron chi connectivity index (χ1n) is 6.97. The lowest BCUT2D eigenvalue weighted by Gasteiger charge is -2.33. The third kappa shape index (κ3) is 3.83. The predicted octanol–water partition coefficient (Wildman–Crippen LogP) is 0.428. The Bertz CT molecular complexity index is 487. The number of esters is 1. The van der Waals surface area contributed by atoms with Crippen LogP contribution in [0.2, 0.25) is 0 Å². The lowest BCUT2D eigenvalue weighted by Crippen LogP contribution is -2.38. The van der Waals surface area contributed by atoms with Gasteiger partial charge in [-0.15, -0.1) is 0 Å². The second kappa shape index (κ2) is 7.24. The molecule has 1 aromatic rings. The molecule has 0 atom stereocenters. The van der Waals surface area contributed by atoms with Crippen LogP contribution in [0.25, 0.3) is 0 Å². The van der Waals surface area contributed by atoms with E-state index in [4.69, 9.17) is 20.3 Å². The summed E-state index contributed by atoms with van der Waals surface area (Å²) in [6.07, 6.45) is 3.33. The summed E-state index contributed by atoms with van der Waals surface area (Å²) in [6, 6.07) is 1.59. The molecule has 0 aliphatic carbocycles. The predicted molar refractivity (Wildman–Crippen MR) is 78.3 cm³/mol. The number of aliphatic hydroxyl groups excluding tert-OH is 1. The number of nitrogen functional groups attached to an aromatic ring is 1. The van der Waals surface area contributed by atoms with Crippen molar-refractivity contribution in [3.63, 3.8) is 0 Å². The topological polar surface area (TPSA) is 97.9 Å². The molecule has 2 rings (SSSR count). The Labute approximate surface area is 123 Å². The van der Waals surface area contributed by atoms with E-state index in [2.05, 4.69) is 4.98 Å². The van der Waals surface area contributed by atoms with Gasteiger partial charge in [-0.1, -0.05) is 0 Å². The highest BCUT2D eigenvalue weighted by Crippen LogP contribution is 2.25. The smallest absolute Gasteiger partial charge is 0.341 e. The molecule has 3 N–H and O–H groups in total. The molecule has 0 radical (unpaired) electrons. The highest BCUT2D eigenvalue weighted by Gasteiger charge is 2.24. The van der Waals surface area contributed by atoms with Crippen LogP contribution in [0.3, 0.4) is 0 Å². The van der Waals surface area contributed by atoms with Crippen molar-refractivity contribution in [2.45, 2.75) is 18.9 Å². The zero-order valence-electron chi connectivity index (χ0n) is 12.1. The summed E-state index contributed by atoms with van der Waals surface area (Å²) in [4.78, 5) is 18.1. The van der Waals surface area contributed by atoms with Gasteiger partial charge in [0, 0.05) is 13.1 Å². The SMILES string of the molecule is COC(=O)c1cc(N)cnc1N1CCC(OCCO)CC1. The number of nitrogens with zero attached hydrogens (tertiary/aromatic N) is 2. The van der Waals surface area contributed by atoms with Gasteiger partial charge in [0.2, 0.25) is 0 Å². The minimum Gasteiger partial charge on any atom is -0.465 e. The van der Waals surface area contributed by atoms with Crippen molar-refractivity contribution >= 4 is 17.5 Å². The Hall–Kier alpha value is -1.86. The minimum atomic E-state index is -0.441. The van der Waals surface area contributed by atoms with E-state index < -0.39 is 5.97 Å². The molecular weight excluding hydrogens is 274 g/mol. The van der Waals surface area contributed by atoms with E-state index in [0.717, 1.165) is 25.9 Å². The quantitative estimate of drug-likeness (QED) is 0.760. The normalized spacial score (nSPS) is 16.0. The van der Waals surface area contributed by atoms with Crippen molar-refractivity contribution in [2.75, 3.05) is 44.0 Å². The number of ether oxygens (including phenoxy) is 2. The van der Waals surface area contributed by atoms with Crippen molar-refractivity contribution in [1.29, 1.82) is 0 Å². The van der Waals surface area contributed by atoms with Gasteiger partial charge in [-0.05, 0) is 18.9 Å². The monoisotopic (exact) mass is 295 g/mol. The number of pyridine rings is 1. The molecule has 7 heteroatoms. The van der Waals surface area contributed by atoms with Crippen LogP contribution in [-0.2, 0) is 9.47 Å². The number of nitrogens with two attached hydrogens (primary N) is 1. The van der Waals surface area contributed by atoms with Gasteiger partial charge in [-0.3, -0.25) is 0 Å². The number of rotatable bonds is 5. The summed E-state index contributed by atoms with van der Waals surface area (Å²) in [7, 11) is 1.34. The van der Waals surface area contributed by atoms with E-state index in [-0.39, 0.29) is 12.7 Å². The molecule has 0 spiro atoms. The van der Waals surface area contributed by atoms with E-state index in [1.54, 1.807) is 6.07 Å². The van der Waals surface area contributed by atoms with E-state index in [0.29, 0.717) is 23.7 Å².